The van der Waals surface area contributed by atoms with Gasteiger partial charge in [-0.15, -0.1) is 0 Å². The number of nitrogens with two attached hydrogens (primary N) is 1. The minimum Gasteiger partial charge on any atom is -0.488 e. The minimum atomic E-state index is -0.349. The molecule has 1 saturated heterocycles. The van der Waals surface area contributed by atoms with Gasteiger partial charge in [-0.25, -0.2) is 4.39 Å². The SMILES string of the molecule is CC(N)c1ccc(OCC2CCC3(CCCC3)O2)c(F)c1. The molecule has 1 aliphatic heterocycles. The van der Waals surface area contributed by atoms with E-state index >= 15 is 0 Å². The Hall–Kier alpha value is -1.13. The Morgan fingerprint density at radius 3 is 2.81 bits per heavy atom. The smallest absolute Gasteiger partial charge is 0.165 e. The predicted octanol–water partition coefficient (Wildman–Crippen LogP) is 3.72. The van der Waals surface area contributed by atoms with Gasteiger partial charge in [0.05, 0.1) is 11.7 Å². The van der Waals surface area contributed by atoms with Crippen LogP contribution in [0.4, 0.5) is 4.39 Å². The average Bonchev–Trinajstić information content (AvgIpc) is 3.08. The Balaban J connectivity index is 1.56. The molecule has 3 rings (SSSR count). The second-order valence-electron chi connectivity index (χ2n) is 6.46. The van der Waals surface area contributed by atoms with Crippen molar-refractivity contribution in [1.82, 2.24) is 0 Å². The number of rotatable bonds is 4. The lowest BCUT2D eigenvalue weighted by Gasteiger charge is -2.23. The number of hydrogen-bond acceptors (Lipinski definition) is 3. The first-order valence-electron chi connectivity index (χ1n) is 7.94. The molecule has 21 heavy (non-hydrogen) atoms. The number of benzene rings is 1. The summed E-state index contributed by atoms with van der Waals surface area (Å²) < 4.78 is 25.7. The fourth-order valence-electron chi connectivity index (χ4n) is 3.50. The van der Waals surface area contributed by atoms with Crippen LogP contribution in [0.15, 0.2) is 18.2 Å². The molecule has 1 heterocycles. The van der Waals surface area contributed by atoms with Crippen LogP contribution in [0.5, 0.6) is 5.75 Å². The van der Waals surface area contributed by atoms with E-state index in [1.54, 1.807) is 6.07 Å². The van der Waals surface area contributed by atoms with Crippen LogP contribution in [0.1, 0.15) is 57.1 Å². The van der Waals surface area contributed by atoms with Gasteiger partial charge in [0.2, 0.25) is 0 Å². The zero-order valence-corrected chi connectivity index (χ0v) is 12.6. The van der Waals surface area contributed by atoms with E-state index in [0.717, 1.165) is 18.4 Å². The van der Waals surface area contributed by atoms with Crippen molar-refractivity contribution in [2.24, 2.45) is 5.73 Å². The summed E-state index contributed by atoms with van der Waals surface area (Å²) in [6.45, 7) is 2.26. The summed E-state index contributed by atoms with van der Waals surface area (Å²) in [4.78, 5) is 0. The van der Waals surface area contributed by atoms with Gasteiger partial charge in [-0.3, -0.25) is 0 Å². The van der Waals surface area contributed by atoms with Gasteiger partial charge in [0.15, 0.2) is 11.6 Å². The molecule has 1 aliphatic carbocycles. The maximum absolute atomic E-state index is 14.0. The van der Waals surface area contributed by atoms with E-state index in [9.17, 15) is 4.39 Å². The van der Waals surface area contributed by atoms with Crippen LogP contribution in [0, 0.1) is 5.82 Å². The highest BCUT2D eigenvalue weighted by Crippen LogP contribution is 2.43. The summed E-state index contributed by atoms with van der Waals surface area (Å²) in [7, 11) is 0. The average molecular weight is 293 g/mol. The third-order valence-corrected chi connectivity index (χ3v) is 4.76. The second kappa shape index (κ2) is 5.93. The Morgan fingerprint density at radius 2 is 2.14 bits per heavy atom. The van der Waals surface area contributed by atoms with Gasteiger partial charge in [-0.2, -0.15) is 0 Å². The molecule has 0 radical (unpaired) electrons. The van der Waals surface area contributed by atoms with E-state index in [1.165, 1.54) is 31.7 Å². The molecule has 2 fully saturated rings. The van der Waals surface area contributed by atoms with Crippen LogP contribution in [0.25, 0.3) is 0 Å². The molecule has 0 bridgehead atoms. The van der Waals surface area contributed by atoms with Gasteiger partial charge in [0.25, 0.3) is 0 Å². The van der Waals surface area contributed by atoms with E-state index < -0.39 is 0 Å². The van der Waals surface area contributed by atoms with Crippen molar-refractivity contribution in [3.8, 4) is 5.75 Å². The highest BCUT2D eigenvalue weighted by molar-refractivity contribution is 5.30. The van der Waals surface area contributed by atoms with Crippen LogP contribution >= 0.6 is 0 Å². The highest BCUT2D eigenvalue weighted by atomic mass is 19.1. The predicted molar refractivity (Wildman–Crippen MR) is 79.8 cm³/mol. The van der Waals surface area contributed by atoms with Crippen LogP contribution < -0.4 is 10.5 Å². The van der Waals surface area contributed by atoms with E-state index in [2.05, 4.69) is 0 Å². The summed E-state index contributed by atoms with van der Waals surface area (Å²) in [5.41, 5.74) is 6.63. The van der Waals surface area contributed by atoms with Crippen molar-refractivity contribution >= 4 is 0 Å². The van der Waals surface area contributed by atoms with Crippen molar-refractivity contribution in [2.45, 2.75) is 63.2 Å². The molecular formula is C17H24FNO2. The van der Waals surface area contributed by atoms with E-state index in [0.29, 0.717) is 6.61 Å². The lowest BCUT2D eigenvalue weighted by atomic mass is 9.98. The Kier molecular flexibility index (Phi) is 4.18. The first kappa shape index (κ1) is 14.8. The van der Waals surface area contributed by atoms with E-state index in [1.807, 2.05) is 13.0 Å². The lowest BCUT2D eigenvalue weighted by Crippen LogP contribution is -2.27. The number of halogens is 1. The Labute approximate surface area is 125 Å². The quantitative estimate of drug-likeness (QED) is 0.920. The minimum absolute atomic E-state index is 0.0932. The largest absolute Gasteiger partial charge is 0.488 e. The van der Waals surface area contributed by atoms with Gasteiger partial charge in [-0.1, -0.05) is 18.9 Å². The molecule has 1 aromatic rings. The Morgan fingerprint density at radius 1 is 1.38 bits per heavy atom. The topological polar surface area (TPSA) is 44.5 Å². The summed E-state index contributed by atoms with van der Waals surface area (Å²) >= 11 is 0. The monoisotopic (exact) mass is 293 g/mol. The molecule has 2 N–H and O–H groups in total. The summed E-state index contributed by atoms with van der Waals surface area (Å²) in [5, 5.41) is 0. The first-order chi connectivity index (χ1) is 10.1. The van der Waals surface area contributed by atoms with Crippen LogP contribution in [0.3, 0.4) is 0 Å². The van der Waals surface area contributed by atoms with Crippen molar-refractivity contribution in [1.29, 1.82) is 0 Å². The van der Waals surface area contributed by atoms with Crippen molar-refractivity contribution < 1.29 is 13.9 Å². The van der Waals surface area contributed by atoms with Crippen molar-refractivity contribution in [2.75, 3.05) is 6.61 Å². The van der Waals surface area contributed by atoms with Gasteiger partial charge >= 0.3 is 0 Å². The fourth-order valence-corrected chi connectivity index (χ4v) is 3.50. The molecule has 0 aromatic heterocycles. The Bertz CT molecular complexity index is 498. The number of ether oxygens (including phenoxy) is 2. The molecule has 2 atom stereocenters. The fraction of sp³-hybridized carbons (Fsp3) is 0.647. The van der Waals surface area contributed by atoms with Gasteiger partial charge in [0.1, 0.15) is 6.61 Å². The zero-order chi connectivity index (χ0) is 14.9. The maximum atomic E-state index is 14.0. The maximum Gasteiger partial charge on any atom is 0.165 e. The molecule has 1 aromatic carbocycles. The summed E-state index contributed by atoms with van der Waals surface area (Å²) in [6.07, 6.45) is 7.09. The lowest BCUT2D eigenvalue weighted by molar-refractivity contribution is -0.0512. The van der Waals surface area contributed by atoms with Gasteiger partial charge in [0, 0.05) is 6.04 Å². The van der Waals surface area contributed by atoms with Crippen LogP contribution in [-0.2, 0) is 4.74 Å². The van der Waals surface area contributed by atoms with Gasteiger partial charge in [-0.05, 0) is 50.3 Å². The van der Waals surface area contributed by atoms with E-state index in [-0.39, 0.29) is 29.3 Å². The zero-order valence-electron chi connectivity index (χ0n) is 12.6. The molecular weight excluding hydrogens is 269 g/mol. The molecule has 2 unspecified atom stereocenters. The van der Waals surface area contributed by atoms with Crippen LogP contribution in [-0.4, -0.2) is 18.3 Å². The third kappa shape index (κ3) is 3.22. The van der Waals surface area contributed by atoms with Crippen molar-refractivity contribution in [3.63, 3.8) is 0 Å². The molecule has 1 spiro atoms. The van der Waals surface area contributed by atoms with Gasteiger partial charge < -0.3 is 15.2 Å². The summed E-state index contributed by atoms with van der Waals surface area (Å²) in [6, 6.07) is 4.76. The standard InChI is InChI=1S/C17H24FNO2/c1-12(19)13-4-5-16(15(18)10-13)20-11-14-6-9-17(21-14)7-2-3-8-17/h4-5,10,12,14H,2-3,6-9,11,19H2,1H3. The van der Waals surface area contributed by atoms with E-state index in [4.69, 9.17) is 15.2 Å². The molecule has 3 nitrogen and oxygen atoms in total. The molecule has 4 heteroatoms. The molecule has 1 saturated carbocycles. The normalized spacial score (nSPS) is 25.4. The van der Waals surface area contributed by atoms with Crippen molar-refractivity contribution in [3.05, 3.63) is 29.6 Å². The third-order valence-electron chi connectivity index (χ3n) is 4.76. The first-order valence-corrected chi connectivity index (χ1v) is 7.94. The molecule has 2 aliphatic rings. The second-order valence-corrected chi connectivity index (χ2v) is 6.46. The van der Waals surface area contributed by atoms with Crippen LogP contribution in [0.2, 0.25) is 0 Å². The molecule has 116 valence electrons. The molecule has 0 amide bonds. The highest BCUT2D eigenvalue weighted by Gasteiger charge is 2.42. The summed E-state index contributed by atoms with van der Waals surface area (Å²) in [5.74, 6) is -0.0613. The number of hydrogen-bond donors (Lipinski definition) is 1.